The molecule has 0 spiro atoms. The lowest BCUT2D eigenvalue weighted by atomic mass is 9.41. The van der Waals surface area contributed by atoms with Crippen LogP contribution in [0.3, 0.4) is 0 Å². The highest BCUT2D eigenvalue weighted by Crippen LogP contribution is 2.66. The van der Waals surface area contributed by atoms with E-state index < -0.39 is 0 Å². The number of hydrogen-bond acceptors (Lipinski definition) is 3. The smallest absolute Gasteiger partial charge is 0.333 e. The maximum absolute atomic E-state index is 13.4. The summed E-state index contributed by atoms with van der Waals surface area (Å²) in [7, 11) is 1.40. The zero-order valence-corrected chi connectivity index (χ0v) is 16.6. The molecule has 3 rings (SSSR count). The van der Waals surface area contributed by atoms with Crippen LogP contribution in [-0.2, 0) is 14.3 Å². The van der Waals surface area contributed by atoms with Crippen molar-refractivity contribution >= 4 is 11.8 Å². The van der Waals surface area contributed by atoms with Crippen LogP contribution in [0.5, 0.6) is 0 Å². The molecule has 0 aromatic heterocycles. The number of fused-ring (bicyclic) bond motifs is 3. The number of rotatable bonds is 2. The van der Waals surface area contributed by atoms with Gasteiger partial charge in [0.2, 0.25) is 0 Å². The van der Waals surface area contributed by atoms with Crippen LogP contribution in [0.1, 0.15) is 79.1 Å². The summed E-state index contributed by atoms with van der Waals surface area (Å²) in [5.74, 6) is 0.957. The maximum atomic E-state index is 13.4. The van der Waals surface area contributed by atoms with Crippen molar-refractivity contribution in [2.45, 2.75) is 79.1 Å². The van der Waals surface area contributed by atoms with Gasteiger partial charge in [0.15, 0.2) is 0 Å². The van der Waals surface area contributed by atoms with Gasteiger partial charge in [-0.2, -0.15) is 0 Å². The molecular formula is C22H34O3. The molecule has 0 saturated heterocycles. The molecule has 0 heterocycles. The lowest BCUT2D eigenvalue weighted by Gasteiger charge is -2.62. The van der Waals surface area contributed by atoms with Crippen LogP contribution in [0.2, 0.25) is 0 Å². The number of hydrogen-bond donors (Lipinski definition) is 0. The molecule has 3 aliphatic rings. The van der Waals surface area contributed by atoms with E-state index in [1.54, 1.807) is 0 Å². The summed E-state index contributed by atoms with van der Waals surface area (Å²) in [6.45, 7) is 9.45. The molecule has 3 nitrogen and oxygen atoms in total. The predicted octanol–water partition coefficient (Wildman–Crippen LogP) is 5.09. The molecule has 0 aliphatic heterocycles. The van der Waals surface area contributed by atoms with E-state index in [-0.39, 0.29) is 29.0 Å². The van der Waals surface area contributed by atoms with E-state index >= 15 is 0 Å². The summed E-state index contributed by atoms with van der Waals surface area (Å²) in [6, 6.07) is 0. The summed E-state index contributed by atoms with van der Waals surface area (Å²) in [4.78, 5) is 25.4. The first-order valence-corrected chi connectivity index (χ1v) is 10.0. The third-order valence-electron chi connectivity index (χ3n) is 8.20. The van der Waals surface area contributed by atoms with Crippen LogP contribution in [0.4, 0.5) is 0 Å². The SMILES string of the molecule is CCC12CCC3C(C)(C)CCCC3(C)C1CC=C(C(=O)OC)CC2=O. The summed E-state index contributed by atoms with van der Waals surface area (Å²) in [5.41, 5.74) is 0.848. The fraction of sp³-hybridized carbons (Fsp3) is 0.818. The summed E-state index contributed by atoms with van der Waals surface area (Å²) >= 11 is 0. The molecule has 25 heavy (non-hydrogen) atoms. The summed E-state index contributed by atoms with van der Waals surface area (Å²) in [5, 5.41) is 0. The number of carbonyl (C=O) groups excluding carboxylic acids is 2. The number of Topliss-reactive ketones (excluding diaryl/α,β-unsaturated/α-hetero) is 1. The lowest BCUT2D eigenvalue weighted by Crippen LogP contribution is -2.57. The van der Waals surface area contributed by atoms with Crippen LogP contribution in [0, 0.1) is 28.1 Å². The molecule has 0 amide bonds. The molecule has 2 saturated carbocycles. The Kier molecular flexibility index (Phi) is 4.66. The van der Waals surface area contributed by atoms with E-state index in [2.05, 4.69) is 27.7 Å². The molecule has 0 aromatic rings. The number of methoxy groups -OCH3 is 1. The van der Waals surface area contributed by atoms with Gasteiger partial charge >= 0.3 is 5.97 Å². The highest BCUT2D eigenvalue weighted by Gasteiger charge is 2.61. The fourth-order valence-corrected chi connectivity index (χ4v) is 6.93. The quantitative estimate of drug-likeness (QED) is 0.654. The van der Waals surface area contributed by atoms with Crippen molar-refractivity contribution in [1.29, 1.82) is 0 Å². The zero-order valence-electron chi connectivity index (χ0n) is 16.6. The Morgan fingerprint density at radius 2 is 1.92 bits per heavy atom. The van der Waals surface area contributed by atoms with Crippen molar-refractivity contribution in [1.82, 2.24) is 0 Å². The standard InChI is InChI=1S/C22H34O3/c1-6-22-13-10-16-20(2,3)11-7-12-21(16,4)17(22)9-8-15(14-18(22)23)19(24)25-5/h8,16-17H,6-7,9-14H2,1-5H3. The van der Waals surface area contributed by atoms with Crippen LogP contribution >= 0.6 is 0 Å². The third kappa shape index (κ3) is 2.69. The van der Waals surface area contributed by atoms with E-state index in [1.165, 1.54) is 26.4 Å². The topological polar surface area (TPSA) is 43.4 Å². The Balaban J connectivity index is 2.06. The minimum atomic E-state index is -0.330. The molecule has 3 aliphatic carbocycles. The predicted molar refractivity (Wildman–Crippen MR) is 99.0 cm³/mol. The van der Waals surface area contributed by atoms with Crippen molar-refractivity contribution < 1.29 is 14.3 Å². The second-order valence-corrected chi connectivity index (χ2v) is 9.56. The Morgan fingerprint density at radius 3 is 2.56 bits per heavy atom. The van der Waals surface area contributed by atoms with Gasteiger partial charge < -0.3 is 4.74 Å². The van der Waals surface area contributed by atoms with Gasteiger partial charge in [0.25, 0.3) is 0 Å². The van der Waals surface area contributed by atoms with Gasteiger partial charge in [0.05, 0.1) is 7.11 Å². The molecular weight excluding hydrogens is 312 g/mol. The second-order valence-electron chi connectivity index (χ2n) is 9.56. The van der Waals surface area contributed by atoms with E-state index in [1.807, 2.05) is 6.08 Å². The van der Waals surface area contributed by atoms with Crippen molar-refractivity contribution in [3.05, 3.63) is 11.6 Å². The molecule has 0 bridgehead atoms. The number of ketones is 1. The minimum Gasteiger partial charge on any atom is -0.466 e. The van der Waals surface area contributed by atoms with Crippen LogP contribution in [-0.4, -0.2) is 18.9 Å². The molecule has 0 aromatic carbocycles. The average molecular weight is 347 g/mol. The molecule has 140 valence electrons. The van der Waals surface area contributed by atoms with Crippen LogP contribution < -0.4 is 0 Å². The lowest BCUT2D eigenvalue weighted by molar-refractivity contribution is -0.160. The van der Waals surface area contributed by atoms with E-state index in [9.17, 15) is 9.59 Å². The van der Waals surface area contributed by atoms with Crippen molar-refractivity contribution in [3.63, 3.8) is 0 Å². The van der Waals surface area contributed by atoms with Crippen molar-refractivity contribution in [2.75, 3.05) is 7.11 Å². The molecule has 3 heteroatoms. The van der Waals surface area contributed by atoms with Gasteiger partial charge in [-0.15, -0.1) is 0 Å². The molecule has 2 fully saturated rings. The van der Waals surface area contributed by atoms with Crippen molar-refractivity contribution in [3.8, 4) is 0 Å². The second kappa shape index (κ2) is 6.25. The number of allylic oxidation sites excluding steroid dienone is 1. The van der Waals surface area contributed by atoms with Gasteiger partial charge in [-0.1, -0.05) is 40.2 Å². The molecule has 4 unspecified atom stereocenters. The van der Waals surface area contributed by atoms with E-state index in [4.69, 9.17) is 4.74 Å². The normalized spacial score (nSPS) is 40.4. The van der Waals surface area contributed by atoms with Gasteiger partial charge in [-0.25, -0.2) is 4.79 Å². The van der Waals surface area contributed by atoms with Crippen LogP contribution in [0.15, 0.2) is 11.6 Å². The Morgan fingerprint density at radius 1 is 1.20 bits per heavy atom. The van der Waals surface area contributed by atoms with Crippen LogP contribution in [0.25, 0.3) is 0 Å². The van der Waals surface area contributed by atoms with Crippen molar-refractivity contribution in [2.24, 2.45) is 28.1 Å². The molecule has 0 N–H and O–H groups in total. The number of esters is 1. The monoisotopic (exact) mass is 346 g/mol. The highest BCUT2D eigenvalue weighted by molar-refractivity contribution is 5.98. The Hall–Kier alpha value is -1.12. The Bertz CT molecular complexity index is 602. The van der Waals surface area contributed by atoms with Gasteiger partial charge in [0, 0.05) is 17.4 Å². The fourth-order valence-electron chi connectivity index (χ4n) is 6.93. The first kappa shape index (κ1) is 18.7. The summed E-state index contributed by atoms with van der Waals surface area (Å²) < 4.78 is 4.92. The third-order valence-corrected chi connectivity index (χ3v) is 8.20. The number of carbonyl (C=O) groups is 2. The van der Waals surface area contributed by atoms with E-state index in [0.717, 1.165) is 25.7 Å². The highest BCUT2D eigenvalue weighted by atomic mass is 16.5. The minimum absolute atomic E-state index is 0.188. The van der Waals surface area contributed by atoms with Gasteiger partial charge in [-0.05, 0) is 61.2 Å². The first-order chi connectivity index (χ1) is 11.7. The Labute approximate surface area is 152 Å². The average Bonchev–Trinajstić information content (AvgIpc) is 2.71. The summed E-state index contributed by atoms with van der Waals surface area (Å²) in [6.07, 6.45) is 9.89. The number of ether oxygens (including phenoxy) is 1. The zero-order chi connectivity index (χ0) is 18.5. The molecule has 0 radical (unpaired) electrons. The van der Waals surface area contributed by atoms with Gasteiger partial charge in [-0.3, -0.25) is 4.79 Å². The van der Waals surface area contributed by atoms with Gasteiger partial charge in [0.1, 0.15) is 5.78 Å². The van der Waals surface area contributed by atoms with E-state index in [0.29, 0.717) is 22.8 Å². The molecule has 4 atom stereocenters. The maximum Gasteiger partial charge on any atom is 0.333 e. The largest absolute Gasteiger partial charge is 0.466 e. The first-order valence-electron chi connectivity index (χ1n) is 10.0.